The maximum absolute atomic E-state index is 11.6. The van der Waals surface area contributed by atoms with Crippen molar-refractivity contribution in [1.29, 1.82) is 0 Å². The standard InChI is InChI=1S/C13H19NO2S/c1-10-6-4-5-7-13(10)12-8-11(2)14(9-12)17(3,15)16/h4-7,11-12H,8-9H2,1-3H3. The topological polar surface area (TPSA) is 37.4 Å². The van der Waals surface area contributed by atoms with Gasteiger partial charge in [0.05, 0.1) is 6.26 Å². The number of rotatable bonds is 2. The van der Waals surface area contributed by atoms with E-state index in [4.69, 9.17) is 0 Å². The van der Waals surface area contributed by atoms with Crippen molar-refractivity contribution in [2.75, 3.05) is 12.8 Å². The molecule has 0 saturated carbocycles. The molecule has 2 rings (SSSR count). The second kappa shape index (κ2) is 4.42. The number of hydrogen-bond acceptors (Lipinski definition) is 2. The maximum Gasteiger partial charge on any atom is 0.211 e. The van der Waals surface area contributed by atoms with Crippen LogP contribution in [0.3, 0.4) is 0 Å². The van der Waals surface area contributed by atoms with Crippen molar-refractivity contribution < 1.29 is 8.42 Å². The van der Waals surface area contributed by atoms with Crippen LogP contribution in [-0.4, -0.2) is 31.6 Å². The minimum Gasteiger partial charge on any atom is -0.212 e. The number of hydrogen-bond donors (Lipinski definition) is 0. The predicted molar refractivity (Wildman–Crippen MR) is 69.5 cm³/mol. The lowest BCUT2D eigenvalue weighted by molar-refractivity contribution is 0.411. The summed E-state index contributed by atoms with van der Waals surface area (Å²) in [7, 11) is -3.07. The van der Waals surface area contributed by atoms with Gasteiger partial charge in [0.1, 0.15) is 0 Å². The number of sulfonamides is 1. The van der Waals surface area contributed by atoms with E-state index in [1.165, 1.54) is 17.4 Å². The zero-order valence-corrected chi connectivity index (χ0v) is 11.4. The summed E-state index contributed by atoms with van der Waals surface area (Å²) in [5.41, 5.74) is 2.53. The minimum absolute atomic E-state index is 0.106. The molecule has 1 aliphatic heterocycles. The van der Waals surface area contributed by atoms with Crippen molar-refractivity contribution in [3.8, 4) is 0 Å². The molecule has 4 heteroatoms. The zero-order chi connectivity index (χ0) is 12.6. The Labute approximate surface area is 104 Å². The van der Waals surface area contributed by atoms with Crippen molar-refractivity contribution in [2.24, 2.45) is 0 Å². The van der Waals surface area contributed by atoms with Gasteiger partial charge in [0.25, 0.3) is 0 Å². The Kier molecular flexibility index (Phi) is 3.27. The van der Waals surface area contributed by atoms with Gasteiger partial charge < -0.3 is 0 Å². The first-order chi connectivity index (χ1) is 7.89. The van der Waals surface area contributed by atoms with Crippen LogP contribution in [0.2, 0.25) is 0 Å². The first kappa shape index (κ1) is 12.6. The maximum atomic E-state index is 11.6. The third-order valence-electron chi connectivity index (χ3n) is 3.57. The van der Waals surface area contributed by atoms with E-state index in [2.05, 4.69) is 19.1 Å². The third kappa shape index (κ3) is 2.53. The fraction of sp³-hybridized carbons (Fsp3) is 0.538. The van der Waals surface area contributed by atoms with Crippen LogP contribution in [0.25, 0.3) is 0 Å². The Balaban J connectivity index is 2.26. The largest absolute Gasteiger partial charge is 0.212 e. The highest BCUT2D eigenvalue weighted by molar-refractivity contribution is 7.88. The molecule has 3 nitrogen and oxygen atoms in total. The molecule has 0 spiro atoms. The molecule has 17 heavy (non-hydrogen) atoms. The van der Waals surface area contributed by atoms with Crippen LogP contribution in [0, 0.1) is 6.92 Å². The lowest BCUT2D eigenvalue weighted by atomic mass is 9.93. The van der Waals surface area contributed by atoms with Gasteiger partial charge in [-0.15, -0.1) is 0 Å². The Morgan fingerprint density at radius 2 is 1.94 bits per heavy atom. The number of aryl methyl sites for hydroxylation is 1. The summed E-state index contributed by atoms with van der Waals surface area (Å²) in [5, 5.41) is 0. The summed E-state index contributed by atoms with van der Waals surface area (Å²) < 4.78 is 24.9. The summed E-state index contributed by atoms with van der Waals surface area (Å²) in [6.45, 7) is 4.69. The third-order valence-corrected chi connectivity index (χ3v) is 4.93. The highest BCUT2D eigenvalue weighted by Gasteiger charge is 2.35. The average molecular weight is 253 g/mol. The van der Waals surface area contributed by atoms with Crippen LogP contribution in [0.4, 0.5) is 0 Å². The van der Waals surface area contributed by atoms with Gasteiger partial charge in [0, 0.05) is 12.6 Å². The van der Waals surface area contributed by atoms with E-state index in [9.17, 15) is 8.42 Å². The molecule has 0 N–H and O–H groups in total. The molecule has 0 aromatic heterocycles. The van der Waals surface area contributed by atoms with Crippen molar-refractivity contribution in [3.05, 3.63) is 35.4 Å². The fourth-order valence-corrected chi connectivity index (χ4v) is 3.92. The van der Waals surface area contributed by atoms with Crippen molar-refractivity contribution in [2.45, 2.75) is 32.2 Å². The predicted octanol–water partition coefficient (Wildman–Crippen LogP) is 2.13. The van der Waals surface area contributed by atoms with Crippen molar-refractivity contribution in [1.82, 2.24) is 4.31 Å². The molecule has 0 radical (unpaired) electrons. The molecule has 94 valence electrons. The van der Waals surface area contributed by atoms with Gasteiger partial charge in [-0.2, -0.15) is 4.31 Å². The van der Waals surface area contributed by atoms with E-state index in [0.29, 0.717) is 12.5 Å². The molecule has 2 unspecified atom stereocenters. The van der Waals surface area contributed by atoms with Gasteiger partial charge in [-0.1, -0.05) is 24.3 Å². The fourth-order valence-electron chi connectivity index (χ4n) is 2.73. The van der Waals surface area contributed by atoms with E-state index in [1.807, 2.05) is 19.1 Å². The first-order valence-electron chi connectivity index (χ1n) is 5.92. The van der Waals surface area contributed by atoms with E-state index in [-0.39, 0.29) is 6.04 Å². The van der Waals surface area contributed by atoms with E-state index < -0.39 is 10.0 Å². The summed E-state index contributed by atoms with van der Waals surface area (Å²) in [6, 6.07) is 8.35. The Morgan fingerprint density at radius 1 is 1.29 bits per heavy atom. The van der Waals surface area contributed by atoms with E-state index in [1.54, 1.807) is 4.31 Å². The van der Waals surface area contributed by atoms with Crippen molar-refractivity contribution in [3.63, 3.8) is 0 Å². The second-order valence-corrected chi connectivity index (χ2v) is 6.91. The van der Waals surface area contributed by atoms with E-state index in [0.717, 1.165) is 6.42 Å². The summed E-state index contributed by atoms with van der Waals surface area (Å²) in [6.07, 6.45) is 2.21. The van der Waals surface area contributed by atoms with Crippen LogP contribution in [0.15, 0.2) is 24.3 Å². The van der Waals surface area contributed by atoms with Crippen LogP contribution in [0.1, 0.15) is 30.4 Å². The molecule has 2 atom stereocenters. The Morgan fingerprint density at radius 3 is 2.47 bits per heavy atom. The van der Waals surface area contributed by atoms with Crippen molar-refractivity contribution >= 4 is 10.0 Å². The lowest BCUT2D eigenvalue weighted by Crippen LogP contribution is -2.32. The molecule has 1 aliphatic rings. The molecular formula is C13H19NO2S. The van der Waals surface area contributed by atoms with Gasteiger partial charge in [0.2, 0.25) is 10.0 Å². The van der Waals surface area contributed by atoms with Gasteiger partial charge >= 0.3 is 0 Å². The smallest absolute Gasteiger partial charge is 0.211 e. The Hall–Kier alpha value is -0.870. The molecule has 1 heterocycles. The average Bonchev–Trinajstić information content (AvgIpc) is 2.60. The molecule has 0 aliphatic carbocycles. The van der Waals surface area contributed by atoms with Gasteiger partial charge in [-0.25, -0.2) is 8.42 Å². The van der Waals surface area contributed by atoms with Crippen LogP contribution >= 0.6 is 0 Å². The quantitative estimate of drug-likeness (QED) is 0.809. The van der Waals surface area contributed by atoms with Gasteiger partial charge in [-0.3, -0.25) is 0 Å². The molecule has 1 aromatic rings. The van der Waals surface area contributed by atoms with Crippen LogP contribution in [0.5, 0.6) is 0 Å². The SMILES string of the molecule is Cc1ccccc1C1CC(C)N(S(C)(=O)=O)C1. The first-order valence-corrected chi connectivity index (χ1v) is 7.77. The lowest BCUT2D eigenvalue weighted by Gasteiger charge is -2.17. The van der Waals surface area contributed by atoms with Crippen LogP contribution < -0.4 is 0 Å². The Bertz CT molecular complexity index is 510. The zero-order valence-electron chi connectivity index (χ0n) is 10.6. The summed E-state index contributed by atoms with van der Waals surface area (Å²) in [5.74, 6) is 0.334. The van der Waals surface area contributed by atoms with Crippen LogP contribution in [-0.2, 0) is 10.0 Å². The highest BCUT2D eigenvalue weighted by atomic mass is 32.2. The van der Waals surface area contributed by atoms with Gasteiger partial charge in [0.15, 0.2) is 0 Å². The number of benzene rings is 1. The normalized spacial score (nSPS) is 26.3. The second-order valence-electron chi connectivity index (χ2n) is 4.97. The monoisotopic (exact) mass is 253 g/mol. The molecule has 0 amide bonds. The highest BCUT2D eigenvalue weighted by Crippen LogP contribution is 2.34. The summed E-state index contributed by atoms with van der Waals surface area (Å²) >= 11 is 0. The summed E-state index contributed by atoms with van der Waals surface area (Å²) in [4.78, 5) is 0. The molecule has 1 aromatic carbocycles. The molecular weight excluding hydrogens is 234 g/mol. The molecule has 0 bridgehead atoms. The number of nitrogens with zero attached hydrogens (tertiary/aromatic N) is 1. The minimum atomic E-state index is -3.07. The van der Waals surface area contributed by atoms with Gasteiger partial charge in [-0.05, 0) is 37.3 Å². The molecule has 1 saturated heterocycles. The van der Waals surface area contributed by atoms with E-state index >= 15 is 0 Å². The molecule has 1 fully saturated rings.